The molecule has 1 rings (SSSR count). The van der Waals surface area contributed by atoms with Crippen molar-refractivity contribution < 1.29 is 5.11 Å². The minimum Gasteiger partial charge on any atom is -0.388 e. The molecule has 4 heteroatoms. The highest BCUT2D eigenvalue weighted by Gasteiger charge is 2.17. The Morgan fingerprint density at radius 3 is 2.73 bits per heavy atom. The van der Waals surface area contributed by atoms with Gasteiger partial charge in [0.25, 0.3) is 0 Å². The van der Waals surface area contributed by atoms with Gasteiger partial charge in [0.2, 0.25) is 0 Å². The van der Waals surface area contributed by atoms with Gasteiger partial charge in [0.05, 0.1) is 17.0 Å². The van der Waals surface area contributed by atoms with Crippen molar-refractivity contribution in [2.45, 2.75) is 39.7 Å². The lowest BCUT2D eigenvalue weighted by molar-refractivity contribution is 0.0696. The summed E-state index contributed by atoms with van der Waals surface area (Å²) in [5, 5.41) is 13.0. The molecule has 1 atom stereocenters. The van der Waals surface area contributed by atoms with Crippen LogP contribution in [0, 0.1) is 13.8 Å². The molecule has 0 spiro atoms. The molecule has 1 aromatic heterocycles. The van der Waals surface area contributed by atoms with Gasteiger partial charge in [-0.2, -0.15) is 0 Å². The molecule has 0 amide bonds. The van der Waals surface area contributed by atoms with Gasteiger partial charge in [0.1, 0.15) is 5.82 Å². The fourth-order valence-corrected chi connectivity index (χ4v) is 1.10. The topological polar surface area (TPSA) is 58.0 Å². The van der Waals surface area contributed by atoms with E-state index in [2.05, 4.69) is 15.3 Å². The normalized spacial score (nSPS) is 14.7. The molecule has 0 aliphatic rings. The van der Waals surface area contributed by atoms with Gasteiger partial charge in [0.15, 0.2) is 0 Å². The van der Waals surface area contributed by atoms with E-state index in [4.69, 9.17) is 0 Å². The van der Waals surface area contributed by atoms with Gasteiger partial charge < -0.3 is 10.4 Å². The predicted octanol–water partition coefficient (Wildman–Crippen LogP) is 1.67. The van der Waals surface area contributed by atoms with Gasteiger partial charge in [-0.05, 0) is 27.2 Å². The van der Waals surface area contributed by atoms with Crippen molar-refractivity contribution in [2.24, 2.45) is 0 Å². The van der Waals surface area contributed by atoms with Crippen molar-refractivity contribution in [2.75, 3.05) is 11.9 Å². The SMILES string of the molecule is CCC(C)(O)CNc1nc(C)cnc1C. The molecule has 1 unspecified atom stereocenters. The summed E-state index contributed by atoms with van der Waals surface area (Å²) in [5.74, 6) is 0.753. The second-order valence-electron chi connectivity index (χ2n) is 4.15. The van der Waals surface area contributed by atoms with Gasteiger partial charge in [-0.3, -0.25) is 4.98 Å². The van der Waals surface area contributed by atoms with Crippen molar-refractivity contribution in [3.05, 3.63) is 17.6 Å². The zero-order chi connectivity index (χ0) is 11.5. The predicted molar refractivity (Wildman–Crippen MR) is 60.9 cm³/mol. The second-order valence-corrected chi connectivity index (χ2v) is 4.15. The third-order valence-corrected chi connectivity index (χ3v) is 2.47. The molecule has 0 fully saturated rings. The Balaban J connectivity index is 2.69. The van der Waals surface area contributed by atoms with Crippen molar-refractivity contribution in [1.29, 1.82) is 0 Å². The highest BCUT2D eigenvalue weighted by molar-refractivity contribution is 5.39. The van der Waals surface area contributed by atoms with E-state index in [-0.39, 0.29) is 0 Å². The third kappa shape index (κ3) is 3.47. The molecule has 0 aliphatic carbocycles. The number of aryl methyl sites for hydroxylation is 2. The van der Waals surface area contributed by atoms with Crippen LogP contribution in [0.25, 0.3) is 0 Å². The molecule has 2 N–H and O–H groups in total. The van der Waals surface area contributed by atoms with Crippen molar-refractivity contribution in [1.82, 2.24) is 9.97 Å². The van der Waals surface area contributed by atoms with Crippen LogP contribution in [0.1, 0.15) is 31.7 Å². The summed E-state index contributed by atoms with van der Waals surface area (Å²) in [7, 11) is 0. The van der Waals surface area contributed by atoms with Crippen LogP contribution in [0.2, 0.25) is 0 Å². The van der Waals surface area contributed by atoms with Crippen molar-refractivity contribution in [3.63, 3.8) is 0 Å². The van der Waals surface area contributed by atoms with Crippen molar-refractivity contribution >= 4 is 5.82 Å². The summed E-state index contributed by atoms with van der Waals surface area (Å²) < 4.78 is 0. The standard InChI is InChI=1S/C11H19N3O/c1-5-11(4,15)7-13-10-9(3)12-6-8(2)14-10/h6,15H,5,7H2,1-4H3,(H,13,14). The first kappa shape index (κ1) is 11.9. The third-order valence-electron chi connectivity index (χ3n) is 2.47. The fraction of sp³-hybridized carbons (Fsp3) is 0.636. The summed E-state index contributed by atoms with van der Waals surface area (Å²) in [6.45, 7) is 8.04. The minimum atomic E-state index is -0.697. The van der Waals surface area contributed by atoms with E-state index < -0.39 is 5.60 Å². The van der Waals surface area contributed by atoms with Crippen LogP contribution in [0.5, 0.6) is 0 Å². The van der Waals surface area contributed by atoms with Crippen LogP contribution in [0.15, 0.2) is 6.20 Å². The molecular formula is C11H19N3O. The number of aliphatic hydroxyl groups is 1. The molecular weight excluding hydrogens is 190 g/mol. The number of hydrogen-bond donors (Lipinski definition) is 2. The molecule has 0 bridgehead atoms. The summed E-state index contributed by atoms with van der Waals surface area (Å²) in [6.07, 6.45) is 2.44. The summed E-state index contributed by atoms with van der Waals surface area (Å²) in [5.41, 5.74) is 1.03. The molecule has 1 heterocycles. The molecule has 0 saturated heterocycles. The monoisotopic (exact) mass is 209 g/mol. The molecule has 15 heavy (non-hydrogen) atoms. The summed E-state index contributed by atoms with van der Waals surface area (Å²) in [4.78, 5) is 8.52. The van der Waals surface area contributed by atoms with Crippen molar-refractivity contribution in [3.8, 4) is 0 Å². The quantitative estimate of drug-likeness (QED) is 0.792. The average Bonchev–Trinajstić information content (AvgIpc) is 2.20. The van der Waals surface area contributed by atoms with Gasteiger partial charge in [-0.1, -0.05) is 6.92 Å². The lowest BCUT2D eigenvalue weighted by Crippen LogP contribution is -2.32. The molecule has 84 valence electrons. The molecule has 0 aliphatic heterocycles. The largest absolute Gasteiger partial charge is 0.388 e. The number of aromatic nitrogens is 2. The van der Waals surface area contributed by atoms with E-state index in [9.17, 15) is 5.11 Å². The van der Waals surface area contributed by atoms with Crippen LogP contribution < -0.4 is 5.32 Å². The van der Waals surface area contributed by atoms with E-state index in [1.165, 1.54) is 0 Å². The van der Waals surface area contributed by atoms with E-state index >= 15 is 0 Å². The summed E-state index contributed by atoms with van der Waals surface area (Å²) >= 11 is 0. The Morgan fingerprint density at radius 1 is 1.47 bits per heavy atom. The first-order valence-corrected chi connectivity index (χ1v) is 5.21. The van der Waals surface area contributed by atoms with Gasteiger partial charge in [-0.25, -0.2) is 4.98 Å². The number of nitrogens with zero attached hydrogens (tertiary/aromatic N) is 2. The first-order chi connectivity index (χ1) is 6.94. The molecule has 4 nitrogen and oxygen atoms in total. The van der Waals surface area contributed by atoms with E-state index in [1.54, 1.807) is 13.1 Å². The number of nitrogens with one attached hydrogen (secondary N) is 1. The van der Waals surface area contributed by atoms with Crippen LogP contribution >= 0.6 is 0 Å². The van der Waals surface area contributed by atoms with Crippen LogP contribution in [0.3, 0.4) is 0 Å². The van der Waals surface area contributed by atoms with Gasteiger partial charge >= 0.3 is 0 Å². The second kappa shape index (κ2) is 4.57. The van der Waals surface area contributed by atoms with E-state index in [0.29, 0.717) is 13.0 Å². The maximum absolute atomic E-state index is 9.83. The van der Waals surface area contributed by atoms with Gasteiger partial charge in [-0.15, -0.1) is 0 Å². The lowest BCUT2D eigenvalue weighted by atomic mass is 10.0. The Bertz CT molecular complexity index is 337. The summed E-state index contributed by atoms with van der Waals surface area (Å²) in [6, 6.07) is 0. The zero-order valence-electron chi connectivity index (χ0n) is 9.83. The average molecular weight is 209 g/mol. The molecule has 0 radical (unpaired) electrons. The van der Waals surface area contributed by atoms with Crippen LogP contribution in [0.4, 0.5) is 5.82 Å². The Kier molecular flexibility index (Phi) is 3.63. The number of hydrogen-bond acceptors (Lipinski definition) is 4. The van der Waals surface area contributed by atoms with Gasteiger partial charge in [0, 0.05) is 12.7 Å². The maximum atomic E-state index is 9.83. The molecule has 0 aromatic carbocycles. The molecule has 0 saturated carbocycles. The van der Waals surface area contributed by atoms with Crippen LogP contribution in [-0.4, -0.2) is 27.2 Å². The smallest absolute Gasteiger partial charge is 0.147 e. The first-order valence-electron chi connectivity index (χ1n) is 5.21. The Morgan fingerprint density at radius 2 is 2.13 bits per heavy atom. The highest BCUT2D eigenvalue weighted by Crippen LogP contribution is 2.13. The Labute approximate surface area is 90.8 Å². The Hall–Kier alpha value is -1.16. The van der Waals surface area contributed by atoms with E-state index in [0.717, 1.165) is 17.2 Å². The number of anilines is 1. The van der Waals surface area contributed by atoms with Crippen LogP contribution in [-0.2, 0) is 0 Å². The maximum Gasteiger partial charge on any atom is 0.147 e. The lowest BCUT2D eigenvalue weighted by Gasteiger charge is -2.22. The van der Waals surface area contributed by atoms with E-state index in [1.807, 2.05) is 20.8 Å². The number of rotatable bonds is 4. The minimum absolute atomic E-state index is 0.489. The molecule has 1 aromatic rings. The fourth-order valence-electron chi connectivity index (χ4n) is 1.10. The zero-order valence-corrected chi connectivity index (χ0v) is 9.83. The highest BCUT2D eigenvalue weighted by atomic mass is 16.3.